The van der Waals surface area contributed by atoms with Gasteiger partial charge in [-0.3, -0.25) is 14.0 Å². The molecule has 168 valence electrons. The number of fused-ring (bicyclic) bond motifs is 1. The number of nitrogens with zero attached hydrogens (tertiary/aromatic N) is 2. The van der Waals surface area contributed by atoms with Gasteiger partial charge in [0.2, 0.25) is 5.78 Å². The molecule has 0 amide bonds. The summed E-state index contributed by atoms with van der Waals surface area (Å²) in [4.78, 5) is 29.8. The van der Waals surface area contributed by atoms with Crippen molar-refractivity contribution in [2.45, 2.75) is 6.36 Å². The van der Waals surface area contributed by atoms with Gasteiger partial charge in [-0.2, -0.15) is 0 Å². The predicted molar refractivity (Wildman–Crippen MR) is 106 cm³/mol. The van der Waals surface area contributed by atoms with Crippen LogP contribution in [-0.4, -0.2) is 27.3 Å². The van der Waals surface area contributed by atoms with Crippen molar-refractivity contribution in [3.05, 3.63) is 94.8 Å². The summed E-state index contributed by atoms with van der Waals surface area (Å²) in [7, 11) is 0. The van der Waals surface area contributed by atoms with Crippen molar-refractivity contribution in [3.63, 3.8) is 0 Å². The van der Waals surface area contributed by atoms with Crippen molar-refractivity contribution in [1.29, 1.82) is 0 Å². The van der Waals surface area contributed by atoms with E-state index in [-0.39, 0.29) is 17.0 Å². The molecule has 0 spiro atoms. The van der Waals surface area contributed by atoms with Crippen LogP contribution >= 0.6 is 0 Å². The van der Waals surface area contributed by atoms with Crippen LogP contribution < -0.4 is 10.5 Å². The number of carbonyl (C=O) groups excluding carboxylic acids is 2. The van der Waals surface area contributed by atoms with Crippen LogP contribution in [-0.2, 0) is 0 Å². The van der Waals surface area contributed by atoms with Crippen molar-refractivity contribution < 1.29 is 36.3 Å². The molecule has 11 heteroatoms. The summed E-state index contributed by atoms with van der Waals surface area (Å²) in [5, 5.41) is 0. The number of hydrogen-bond acceptors (Lipinski definition) is 5. The molecule has 0 atom stereocenters. The van der Waals surface area contributed by atoms with E-state index in [1.165, 1.54) is 24.3 Å². The smallest absolute Gasteiger partial charge is 0.405 e. The Bertz CT molecular complexity index is 1390. The van der Waals surface area contributed by atoms with Crippen LogP contribution in [0.3, 0.4) is 0 Å². The molecule has 2 N–H and O–H groups in total. The second-order valence-corrected chi connectivity index (χ2v) is 6.79. The zero-order valence-corrected chi connectivity index (χ0v) is 16.4. The van der Waals surface area contributed by atoms with Gasteiger partial charge in [-0.05, 0) is 36.4 Å². The second-order valence-electron chi connectivity index (χ2n) is 6.79. The second kappa shape index (κ2) is 8.01. The first-order valence-corrected chi connectivity index (χ1v) is 9.22. The number of alkyl halides is 3. The van der Waals surface area contributed by atoms with E-state index in [2.05, 4.69) is 9.72 Å². The van der Waals surface area contributed by atoms with Gasteiger partial charge in [0.1, 0.15) is 28.7 Å². The Kier molecular flexibility index (Phi) is 5.32. The Morgan fingerprint density at radius 2 is 1.58 bits per heavy atom. The third-order valence-electron chi connectivity index (χ3n) is 4.67. The average Bonchev–Trinajstić information content (AvgIpc) is 3.07. The first-order chi connectivity index (χ1) is 15.6. The molecule has 0 aliphatic heterocycles. The molecule has 0 bridgehead atoms. The molecule has 0 aliphatic carbocycles. The van der Waals surface area contributed by atoms with E-state index in [0.29, 0.717) is 0 Å². The number of aromatic nitrogens is 2. The first kappa shape index (κ1) is 21.9. The van der Waals surface area contributed by atoms with Gasteiger partial charge in [-0.25, -0.2) is 13.8 Å². The highest BCUT2D eigenvalue weighted by Crippen LogP contribution is 2.29. The number of benzene rings is 2. The zero-order chi connectivity index (χ0) is 23.9. The number of pyridine rings is 1. The standard InChI is InChI=1S/C22H12F5N3O3/c23-13-5-3-6-14(24)17(13)20(32)18-21(28)29-16-9-8-11(10-30(16)18)19(31)12-4-1-2-7-15(12)33-22(25,26)27/h1-10H,28H2. The van der Waals surface area contributed by atoms with Gasteiger partial charge < -0.3 is 10.5 Å². The number of ether oxygens (including phenoxy) is 1. The lowest BCUT2D eigenvalue weighted by Gasteiger charge is -2.12. The molecule has 33 heavy (non-hydrogen) atoms. The summed E-state index contributed by atoms with van der Waals surface area (Å²) in [5.74, 6) is -5.31. The number of halogens is 5. The van der Waals surface area contributed by atoms with Gasteiger partial charge in [0, 0.05) is 11.8 Å². The van der Waals surface area contributed by atoms with Crippen molar-refractivity contribution in [2.24, 2.45) is 0 Å². The molecule has 4 aromatic rings. The predicted octanol–water partition coefficient (Wildman–Crippen LogP) is 4.56. The number of rotatable bonds is 5. The number of anilines is 1. The summed E-state index contributed by atoms with van der Waals surface area (Å²) in [6, 6.07) is 10.1. The van der Waals surface area contributed by atoms with E-state index >= 15 is 0 Å². The van der Waals surface area contributed by atoms with Crippen molar-refractivity contribution in [1.82, 2.24) is 9.38 Å². The van der Waals surface area contributed by atoms with Crippen LogP contribution in [0.2, 0.25) is 0 Å². The summed E-state index contributed by atoms with van der Waals surface area (Å²) < 4.78 is 71.4. The Labute approximate surface area is 182 Å². The van der Waals surface area contributed by atoms with Crippen LogP contribution in [0.25, 0.3) is 5.65 Å². The lowest BCUT2D eigenvalue weighted by Crippen LogP contribution is -2.19. The SMILES string of the molecule is Nc1nc2ccc(C(=O)c3ccccc3OC(F)(F)F)cn2c1C(=O)c1c(F)cccc1F. The third-order valence-corrected chi connectivity index (χ3v) is 4.67. The molecule has 0 aliphatic rings. The molecule has 0 unspecified atom stereocenters. The maximum Gasteiger partial charge on any atom is 0.573 e. The molecular formula is C22H12F5N3O3. The monoisotopic (exact) mass is 461 g/mol. The molecule has 0 saturated heterocycles. The maximum atomic E-state index is 14.1. The summed E-state index contributed by atoms with van der Waals surface area (Å²) in [6.45, 7) is 0. The van der Waals surface area contributed by atoms with E-state index in [9.17, 15) is 31.5 Å². The van der Waals surface area contributed by atoms with E-state index < -0.39 is 52.1 Å². The summed E-state index contributed by atoms with van der Waals surface area (Å²) >= 11 is 0. The molecule has 2 aromatic heterocycles. The van der Waals surface area contributed by atoms with Crippen LogP contribution in [0.4, 0.5) is 27.8 Å². The topological polar surface area (TPSA) is 86.7 Å². The number of nitrogen functional groups attached to an aromatic ring is 1. The molecule has 2 heterocycles. The minimum atomic E-state index is -5.03. The number of para-hydroxylation sites is 1. The van der Waals surface area contributed by atoms with Gasteiger partial charge in [0.05, 0.1) is 11.1 Å². The fourth-order valence-electron chi connectivity index (χ4n) is 3.28. The fraction of sp³-hybridized carbons (Fsp3) is 0.0455. The van der Waals surface area contributed by atoms with Crippen LogP contribution in [0, 0.1) is 11.6 Å². The van der Waals surface area contributed by atoms with Gasteiger partial charge >= 0.3 is 6.36 Å². The van der Waals surface area contributed by atoms with Crippen molar-refractivity contribution in [2.75, 3.05) is 5.73 Å². The fourth-order valence-corrected chi connectivity index (χ4v) is 3.28. The highest BCUT2D eigenvalue weighted by Gasteiger charge is 2.33. The van der Waals surface area contributed by atoms with Crippen molar-refractivity contribution >= 4 is 23.0 Å². The summed E-state index contributed by atoms with van der Waals surface area (Å²) in [6.07, 6.45) is -3.93. The minimum absolute atomic E-state index is 0.0731. The molecular weight excluding hydrogens is 449 g/mol. The highest BCUT2D eigenvalue weighted by atomic mass is 19.4. The van der Waals surface area contributed by atoms with Crippen molar-refractivity contribution in [3.8, 4) is 5.75 Å². The van der Waals surface area contributed by atoms with Gasteiger partial charge in [0.25, 0.3) is 0 Å². The molecule has 4 rings (SSSR count). The maximum absolute atomic E-state index is 14.1. The highest BCUT2D eigenvalue weighted by molar-refractivity contribution is 6.13. The van der Waals surface area contributed by atoms with E-state index in [1.54, 1.807) is 0 Å². The molecule has 0 fully saturated rings. The van der Waals surface area contributed by atoms with Gasteiger partial charge in [-0.15, -0.1) is 13.2 Å². The third kappa shape index (κ3) is 4.12. The van der Waals surface area contributed by atoms with E-state index in [4.69, 9.17) is 5.73 Å². The lowest BCUT2D eigenvalue weighted by molar-refractivity contribution is -0.274. The molecule has 0 saturated carbocycles. The molecule has 0 radical (unpaired) electrons. The number of carbonyl (C=O) groups is 2. The van der Waals surface area contributed by atoms with Crippen LogP contribution in [0.5, 0.6) is 5.75 Å². The Balaban J connectivity index is 1.82. The largest absolute Gasteiger partial charge is 0.573 e. The number of nitrogens with two attached hydrogens (primary N) is 1. The van der Waals surface area contributed by atoms with Crippen LogP contribution in [0.1, 0.15) is 32.0 Å². The number of hydrogen-bond donors (Lipinski definition) is 1. The number of ketones is 2. The molecule has 6 nitrogen and oxygen atoms in total. The van der Waals surface area contributed by atoms with E-state index in [1.807, 2.05) is 0 Å². The van der Waals surface area contributed by atoms with Crippen LogP contribution in [0.15, 0.2) is 60.8 Å². The lowest BCUT2D eigenvalue weighted by atomic mass is 10.0. The Morgan fingerprint density at radius 1 is 0.909 bits per heavy atom. The molecule has 2 aromatic carbocycles. The first-order valence-electron chi connectivity index (χ1n) is 9.22. The minimum Gasteiger partial charge on any atom is -0.405 e. The zero-order valence-electron chi connectivity index (χ0n) is 16.4. The normalized spacial score (nSPS) is 11.5. The quantitative estimate of drug-likeness (QED) is 0.348. The Morgan fingerprint density at radius 3 is 2.24 bits per heavy atom. The Hall–Kier alpha value is -4.28. The van der Waals surface area contributed by atoms with E-state index in [0.717, 1.165) is 40.9 Å². The summed E-state index contributed by atoms with van der Waals surface area (Å²) in [5.41, 5.74) is 4.04. The average molecular weight is 461 g/mol. The number of imidazole rings is 1. The van der Waals surface area contributed by atoms with Gasteiger partial charge in [-0.1, -0.05) is 18.2 Å². The van der Waals surface area contributed by atoms with Gasteiger partial charge in [0.15, 0.2) is 11.6 Å².